The number of halogens is 3. The van der Waals surface area contributed by atoms with Crippen LogP contribution in [-0.4, -0.2) is 16.0 Å². The molecule has 0 saturated heterocycles. The molecule has 5 nitrogen and oxygen atoms in total. The molecular weight excluding hydrogens is 453 g/mol. The van der Waals surface area contributed by atoms with Crippen molar-refractivity contribution >= 4 is 5.84 Å². The lowest BCUT2D eigenvalue weighted by Gasteiger charge is -2.14. The zero-order valence-corrected chi connectivity index (χ0v) is 20.9. The van der Waals surface area contributed by atoms with Crippen LogP contribution in [0.3, 0.4) is 0 Å². The lowest BCUT2D eigenvalue weighted by atomic mass is 9.96. The summed E-state index contributed by atoms with van der Waals surface area (Å²) >= 11 is 0. The number of amidine groups is 1. The normalized spacial score (nSPS) is 12.1. The summed E-state index contributed by atoms with van der Waals surface area (Å²) in [7, 11) is 0. The second-order valence-corrected chi connectivity index (χ2v) is 8.72. The summed E-state index contributed by atoms with van der Waals surface area (Å²) in [5.41, 5.74) is 6.89. The van der Waals surface area contributed by atoms with Gasteiger partial charge in [0, 0.05) is 11.5 Å². The predicted molar refractivity (Wildman–Crippen MR) is 133 cm³/mol. The maximum Gasteiger partial charge on any atom is 0.416 e. The zero-order chi connectivity index (χ0) is 26.0. The van der Waals surface area contributed by atoms with Crippen LogP contribution in [0.4, 0.5) is 13.2 Å². The van der Waals surface area contributed by atoms with Crippen molar-refractivity contribution < 1.29 is 17.7 Å². The number of aromatic nitrogens is 2. The van der Waals surface area contributed by atoms with Crippen molar-refractivity contribution in [3.8, 4) is 11.4 Å². The minimum atomic E-state index is -4.45. The fourth-order valence-electron chi connectivity index (χ4n) is 3.60. The van der Waals surface area contributed by atoms with E-state index in [2.05, 4.69) is 24.0 Å². The third-order valence-corrected chi connectivity index (χ3v) is 5.64. The summed E-state index contributed by atoms with van der Waals surface area (Å²) in [6.45, 7) is 7.70. The molecule has 2 aromatic carbocycles. The highest BCUT2D eigenvalue weighted by Crippen LogP contribution is 2.35. The zero-order valence-electron chi connectivity index (χ0n) is 20.9. The lowest BCUT2D eigenvalue weighted by Crippen LogP contribution is -2.10. The average Bonchev–Trinajstić information content (AvgIpc) is 3.31. The largest absolute Gasteiger partial charge is 0.416 e. The molecule has 1 heterocycles. The topological polar surface area (TPSA) is 88.8 Å². The van der Waals surface area contributed by atoms with Gasteiger partial charge in [-0.3, -0.25) is 5.41 Å². The van der Waals surface area contributed by atoms with Crippen LogP contribution < -0.4 is 5.73 Å². The monoisotopic (exact) mass is 488 g/mol. The maximum absolute atomic E-state index is 13.8. The van der Waals surface area contributed by atoms with E-state index in [4.69, 9.17) is 15.7 Å². The third-order valence-electron chi connectivity index (χ3n) is 5.64. The fourth-order valence-corrected chi connectivity index (χ4v) is 3.60. The Labute approximate surface area is 205 Å². The number of nitrogens with one attached hydrogen (secondary N) is 1. The van der Waals surface area contributed by atoms with Crippen LogP contribution in [0.25, 0.3) is 11.4 Å². The van der Waals surface area contributed by atoms with Gasteiger partial charge in [0.15, 0.2) is 0 Å². The van der Waals surface area contributed by atoms with Gasteiger partial charge in [0.25, 0.3) is 0 Å². The van der Waals surface area contributed by atoms with Gasteiger partial charge in [-0.25, -0.2) is 0 Å². The number of nitrogens with zero attached hydrogens (tertiary/aromatic N) is 2. The average molecular weight is 489 g/mol. The Morgan fingerprint density at radius 2 is 1.69 bits per heavy atom. The number of nitrogens with two attached hydrogens (primary N) is 1. The Bertz CT molecular complexity index is 1070. The van der Waals surface area contributed by atoms with Crippen molar-refractivity contribution in [2.45, 2.75) is 78.3 Å². The molecule has 0 saturated carbocycles. The molecule has 0 aliphatic rings. The van der Waals surface area contributed by atoms with Gasteiger partial charge in [0.2, 0.25) is 11.7 Å². The summed E-state index contributed by atoms with van der Waals surface area (Å²) in [6.07, 6.45) is 0.356. The molecule has 0 radical (unpaired) electrons. The number of alkyl halides is 3. The Morgan fingerprint density at radius 3 is 2.26 bits per heavy atom. The fraction of sp³-hybridized carbons (Fsp3) is 0.444. The van der Waals surface area contributed by atoms with Crippen LogP contribution >= 0.6 is 0 Å². The summed E-state index contributed by atoms with van der Waals surface area (Å²) in [5, 5.41) is 10.2. The molecule has 0 unspecified atom stereocenters. The highest BCUT2D eigenvalue weighted by atomic mass is 19.4. The highest BCUT2D eigenvalue weighted by molar-refractivity contribution is 5.73. The summed E-state index contributed by atoms with van der Waals surface area (Å²) < 4.78 is 46.6. The van der Waals surface area contributed by atoms with Crippen molar-refractivity contribution in [1.82, 2.24) is 10.1 Å². The van der Waals surface area contributed by atoms with Gasteiger partial charge >= 0.3 is 6.18 Å². The SMILES string of the molecule is CC(=N)N.CCCC[C@H](C)c1nc(-c2ccc(CCc3ccc(CC)cc3)c(C(F)(F)F)c2)no1. The van der Waals surface area contributed by atoms with Crippen molar-refractivity contribution in [1.29, 1.82) is 5.41 Å². The summed E-state index contributed by atoms with van der Waals surface area (Å²) in [6, 6.07) is 12.4. The minimum absolute atomic E-state index is 0.0849. The Balaban J connectivity index is 0.00000100. The smallest absolute Gasteiger partial charge is 0.388 e. The van der Waals surface area contributed by atoms with Gasteiger partial charge < -0.3 is 10.3 Å². The van der Waals surface area contributed by atoms with Crippen molar-refractivity contribution in [2.24, 2.45) is 5.73 Å². The maximum atomic E-state index is 13.8. The molecule has 35 heavy (non-hydrogen) atoms. The molecule has 190 valence electrons. The van der Waals surface area contributed by atoms with E-state index in [0.717, 1.165) is 37.3 Å². The molecule has 1 atom stereocenters. The first-order valence-corrected chi connectivity index (χ1v) is 12.0. The molecule has 0 aliphatic carbocycles. The number of aryl methyl sites for hydroxylation is 3. The lowest BCUT2D eigenvalue weighted by molar-refractivity contribution is -0.138. The Morgan fingerprint density at radius 1 is 1.06 bits per heavy atom. The number of rotatable bonds is 9. The van der Waals surface area contributed by atoms with Crippen LogP contribution in [0.1, 0.15) is 81.0 Å². The Kier molecular flexibility index (Phi) is 10.5. The van der Waals surface area contributed by atoms with Gasteiger partial charge in [0.1, 0.15) is 0 Å². The van der Waals surface area contributed by atoms with E-state index in [0.29, 0.717) is 24.3 Å². The first-order chi connectivity index (χ1) is 16.5. The number of hydrogen-bond acceptors (Lipinski definition) is 4. The quantitative estimate of drug-likeness (QED) is 0.244. The molecule has 0 aliphatic heterocycles. The van der Waals surface area contributed by atoms with E-state index in [-0.39, 0.29) is 23.1 Å². The van der Waals surface area contributed by atoms with E-state index < -0.39 is 11.7 Å². The molecule has 3 aromatic rings. The molecular formula is C27H35F3N4O. The van der Waals surface area contributed by atoms with Crippen molar-refractivity contribution in [3.63, 3.8) is 0 Å². The molecule has 0 spiro atoms. The van der Waals surface area contributed by atoms with E-state index in [9.17, 15) is 13.2 Å². The van der Waals surface area contributed by atoms with Gasteiger partial charge in [0.05, 0.1) is 11.4 Å². The second kappa shape index (κ2) is 13.1. The van der Waals surface area contributed by atoms with E-state index in [1.807, 2.05) is 31.2 Å². The second-order valence-electron chi connectivity index (χ2n) is 8.72. The van der Waals surface area contributed by atoms with Gasteiger partial charge in [-0.1, -0.05) is 75.2 Å². The molecule has 0 bridgehead atoms. The summed E-state index contributed by atoms with van der Waals surface area (Å²) in [4.78, 5) is 4.35. The van der Waals surface area contributed by atoms with Crippen molar-refractivity contribution in [3.05, 3.63) is 70.6 Å². The molecule has 3 rings (SSSR count). The van der Waals surface area contributed by atoms with Crippen LogP contribution in [0.2, 0.25) is 0 Å². The van der Waals surface area contributed by atoms with Crippen LogP contribution in [0.15, 0.2) is 47.0 Å². The third kappa shape index (κ3) is 8.85. The predicted octanol–water partition coefficient (Wildman–Crippen LogP) is 7.34. The van der Waals surface area contributed by atoms with Gasteiger partial charge in [-0.2, -0.15) is 18.2 Å². The highest BCUT2D eigenvalue weighted by Gasteiger charge is 2.34. The van der Waals surface area contributed by atoms with Crippen LogP contribution in [-0.2, 0) is 25.4 Å². The van der Waals surface area contributed by atoms with Gasteiger partial charge in [-0.15, -0.1) is 0 Å². The van der Waals surface area contributed by atoms with E-state index in [1.165, 1.54) is 18.6 Å². The van der Waals surface area contributed by atoms with E-state index in [1.54, 1.807) is 6.07 Å². The number of unbranched alkanes of at least 4 members (excludes halogenated alkanes) is 1. The molecule has 8 heteroatoms. The molecule has 3 N–H and O–H groups in total. The van der Waals surface area contributed by atoms with Crippen LogP contribution in [0.5, 0.6) is 0 Å². The number of hydrogen-bond donors (Lipinski definition) is 2. The minimum Gasteiger partial charge on any atom is -0.388 e. The van der Waals surface area contributed by atoms with E-state index >= 15 is 0 Å². The number of benzene rings is 2. The van der Waals surface area contributed by atoms with Gasteiger partial charge in [-0.05, 0) is 55.4 Å². The molecule has 1 aromatic heterocycles. The molecule has 0 fully saturated rings. The molecule has 0 amide bonds. The standard InChI is InChI=1S/C25H29F3N2O.C2H6N2/c1-4-6-7-17(3)24-29-23(30-31-24)21-15-14-20(22(16-21)25(26,27)28)13-12-19-10-8-18(5-2)9-11-19;1-2(3)4/h8-11,14-17H,4-7,12-13H2,1-3H3;1H3,(H3,3,4)/t17-;/m0./s1. The van der Waals surface area contributed by atoms with Crippen molar-refractivity contribution in [2.75, 3.05) is 0 Å². The summed E-state index contributed by atoms with van der Waals surface area (Å²) in [5.74, 6) is 0.920. The Hall–Kier alpha value is -3.16. The first-order valence-electron chi connectivity index (χ1n) is 12.0. The van der Waals surface area contributed by atoms with Crippen LogP contribution in [0, 0.1) is 5.41 Å². The first kappa shape index (κ1) is 28.1.